The standard InChI is InChI=1S/C9H16.CH2Cl2/c1-3-5-7-9-8-6-4-2;2-1-3/h3,5-6,8H,4,7,9H2,1-2H3;1H2. The third-order valence-electron chi connectivity index (χ3n) is 1.14. The Morgan fingerprint density at radius 3 is 1.92 bits per heavy atom. The Kier molecular flexibility index (Phi) is 20.9. The van der Waals surface area contributed by atoms with Gasteiger partial charge in [-0.1, -0.05) is 31.2 Å². The lowest BCUT2D eigenvalue weighted by atomic mass is 10.2. The molecule has 0 bridgehead atoms. The van der Waals surface area contributed by atoms with Crippen molar-refractivity contribution in [3.05, 3.63) is 24.3 Å². The minimum atomic E-state index is 0.194. The quantitative estimate of drug-likeness (QED) is 0.356. The Hall–Kier alpha value is 0.0600. The largest absolute Gasteiger partial charge is 0.109 e. The third kappa shape index (κ3) is 22.5. The summed E-state index contributed by atoms with van der Waals surface area (Å²) in [7, 11) is 0. The van der Waals surface area contributed by atoms with Crippen molar-refractivity contribution in [1.82, 2.24) is 0 Å². The number of allylic oxidation sites excluding steroid dienone is 4. The second-order valence-corrected chi connectivity index (χ2v) is 2.94. The molecule has 2 heteroatoms. The normalized spacial score (nSPS) is 10.3. The van der Waals surface area contributed by atoms with E-state index >= 15 is 0 Å². The van der Waals surface area contributed by atoms with E-state index < -0.39 is 0 Å². The first-order chi connectivity index (χ1) is 5.83. The van der Waals surface area contributed by atoms with E-state index in [0.717, 1.165) is 6.42 Å². The number of halogens is 2. The van der Waals surface area contributed by atoms with Crippen LogP contribution in [-0.4, -0.2) is 5.34 Å². The monoisotopic (exact) mass is 208 g/mol. The molecule has 0 atom stereocenters. The van der Waals surface area contributed by atoms with E-state index in [1.807, 2.05) is 0 Å². The predicted octanol–water partition coefficient (Wildman–Crippen LogP) is 4.73. The molecule has 0 aromatic heterocycles. The molecule has 0 amide bonds. The van der Waals surface area contributed by atoms with Gasteiger partial charge in [0.05, 0.1) is 5.34 Å². The molecule has 12 heavy (non-hydrogen) atoms. The fraction of sp³-hybridized carbons (Fsp3) is 0.600. The minimum absolute atomic E-state index is 0.194. The van der Waals surface area contributed by atoms with Gasteiger partial charge in [-0.25, -0.2) is 0 Å². The molecule has 0 aliphatic carbocycles. The molecule has 0 radical (unpaired) electrons. The molecule has 0 nitrogen and oxygen atoms in total. The maximum absolute atomic E-state index is 4.76. The Labute approximate surface area is 86.3 Å². The number of hydrogen-bond donors (Lipinski definition) is 0. The lowest BCUT2D eigenvalue weighted by molar-refractivity contribution is 1.03. The molecule has 0 aliphatic heterocycles. The Bertz CT molecular complexity index is 106. The van der Waals surface area contributed by atoms with Crippen molar-refractivity contribution in [2.24, 2.45) is 0 Å². The smallest absolute Gasteiger partial charge is 0.0967 e. The first-order valence-corrected chi connectivity index (χ1v) is 5.28. The van der Waals surface area contributed by atoms with Crippen LogP contribution in [0.5, 0.6) is 0 Å². The molecular weight excluding hydrogens is 191 g/mol. The second-order valence-electron chi connectivity index (χ2n) is 2.13. The van der Waals surface area contributed by atoms with E-state index in [1.54, 1.807) is 0 Å². The summed E-state index contributed by atoms with van der Waals surface area (Å²) in [5, 5.41) is 0.194. The summed E-state index contributed by atoms with van der Waals surface area (Å²) < 4.78 is 0. The van der Waals surface area contributed by atoms with E-state index in [-0.39, 0.29) is 5.34 Å². The highest BCUT2D eigenvalue weighted by Crippen LogP contribution is 1.93. The summed E-state index contributed by atoms with van der Waals surface area (Å²) in [6.45, 7) is 4.22. The molecule has 0 rings (SSSR count). The molecule has 0 heterocycles. The molecule has 0 aromatic carbocycles. The van der Waals surface area contributed by atoms with Crippen LogP contribution in [0.25, 0.3) is 0 Å². The second kappa shape index (κ2) is 17.2. The van der Waals surface area contributed by atoms with E-state index in [9.17, 15) is 0 Å². The molecule has 0 N–H and O–H groups in total. The molecule has 0 spiro atoms. The number of alkyl halides is 2. The van der Waals surface area contributed by atoms with Crippen LogP contribution in [0.3, 0.4) is 0 Å². The third-order valence-corrected chi connectivity index (χ3v) is 1.14. The molecule has 0 aromatic rings. The summed E-state index contributed by atoms with van der Waals surface area (Å²) in [5.41, 5.74) is 0. The van der Waals surface area contributed by atoms with Crippen molar-refractivity contribution >= 4 is 23.2 Å². The summed E-state index contributed by atoms with van der Waals surface area (Å²) in [6.07, 6.45) is 12.3. The lowest BCUT2D eigenvalue weighted by Gasteiger charge is -1.83. The van der Waals surface area contributed by atoms with Crippen LogP contribution >= 0.6 is 23.2 Å². The summed E-state index contributed by atoms with van der Waals surface area (Å²) >= 11 is 9.53. The van der Waals surface area contributed by atoms with Gasteiger partial charge in [0.25, 0.3) is 0 Å². The van der Waals surface area contributed by atoms with Crippen LogP contribution in [0.15, 0.2) is 24.3 Å². The van der Waals surface area contributed by atoms with Gasteiger partial charge in [0.15, 0.2) is 0 Å². The van der Waals surface area contributed by atoms with Crippen molar-refractivity contribution in [2.75, 3.05) is 5.34 Å². The number of unbranched alkanes of at least 4 members (excludes halogenated alkanes) is 1. The van der Waals surface area contributed by atoms with Crippen LogP contribution in [0.2, 0.25) is 0 Å². The van der Waals surface area contributed by atoms with Gasteiger partial charge in [0, 0.05) is 0 Å². The van der Waals surface area contributed by atoms with Gasteiger partial charge in [-0.05, 0) is 26.2 Å². The van der Waals surface area contributed by atoms with Gasteiger partial charge >= 0.3 is 0 Å². The summed E-state index contributed by atoms with van der Waals surface area (Å²) in [5.74, 6) is 0. The fourth-order valence-electron chi connectivity index (χ4n) is 0.644. The van der Waals surface area contributed by atoms with Crippen LogP contribution in [0, 0.1) is 0 Å². The molecule has 72 valence electrons. The maximum atomic E-state index is 4.76. The predicted molar refractivity (Wildman–Crippen MR) is 60.1 cm³/mol. The van der Waals surface area contributed by atoms with Crippen molar-refractivity contribution in [3.8, 4) is 0 Å². The number of rotatable bonds is 4. The van der Waals surface area contributed by atoms with Gasteiger partial charge in [0.2, 0.25) is 0 Å². The highest BCUT2D eigenvalue weighted by Gasteiger charge is 1.72. The zero-order valence-corrected chi connectivity index (χ0v) is 9.41. The van der Waals surface area contributed by atoms with Crippen LogP contribution < -0.4 is 0 Å². The minimum Gasteiger partial charge on any atom is -0.109 e. The summed E-state index contributed by atoms with van der Waals surface area (Å²) in [4.78, 5) is 0. The SMILES string of the molecule is CC=CCCC=CCC.ClCCl. The molecule has 0 unspecified atom stereocenters. The number of hydrogen-bond acceptors (Lipinski definition) is 0. The van der Waals surface area contributed by atoms with Gasteiger partial charge in [-0.15, -0.1) is 23.2 Å². The van der Waals surface area contributed by atoms with Crippen LogP contribution in [0.1, 0.15) is 33.1 Å². The Morgan fingerprint density at radius 1 is 1.00 bits per heavy atom. The lowest BCUT2D eigenvalue weighted by Crippen LogP contribution is -1.62. The zero-order valence-electron chi connectivity index (χ0n) is 7.89. The van der Waals surface area contributed by atoms with Crippen molar-refractivity contribution in [1.29, 1.82) is 0 Å². The first-order valence-electron chi connectivity index (χ1n) is 4.21. The average Bonchev–Trinajstić information content (AvgIpc) is 2.06. The van der Waals surface area contributed by atoms with Gasteiger partial charge in [-0.3, -0.25) is 0 Å². The topological polar surface area (TPSA) is 0 Å². The highest BCUT2D eigenvalue weighted by atomic mass is 35.5. The Morgan fingerprint density at radius 2 is 1.50 bits per heavy atom. The average molecular weight is 209 g/mol. The molecule has 0 saturated carbocycles. The van der Waals surface area contributed by atoms with Crippen molar-refractivity contribution < 1.29 is 0 Å². The molecule has 0 aliphatic rings. The summed E-state index contributed by atoms with van der Waals surface area (Å²) in [6, 6.07) is 0. The Balaban J connectivity index is 0. The molecule has 0 fully saturated rings. The first kappa shape index (κ1) is 14.6. The van der Waals surface area contributed by atoms with Crippen molar-refractivity contribution in [2.45, 2.75) is 33.1 Å². The zero-order chi connectivity index (χ0) is 9.66. The maximum Gasteiger partial charge on any atom is 0.0967 e. The molecule has 0 saturated heterocycles. The van der Waals surface area contributed by atoms with E-state index in [0.29, 0.717) is 0 Å². The highest BCUT2D eigenvalue weighted by molar-refractivity contribution is 6.40. The van der Waals surface area contributed by atoms with E-state index in [4.69, 9.17) is 23.2 Å². The van der Waals surface area contributed by atoms with Gasteiger partial charge in [-0.2, -0.15) is 0 Å². The molecular formula is C10H18Cl2. The van der Waals surface area contributed by atoms with Gasteiger partial charge in [0.1, 0.15) is 0 Å². The van der Waals surface area contributed by atoms with Crippen molar-refractivity contribution in [3.63, 3.8) is 0 Å². The van der Waals surface area contributed by atoms with Gasteiger partial charge < -0.3 is 0 Å². The van der Waals surface area contributed by atoms with Crippen LogP contribution in [-0.2, 0) is 0 Å². The van der Waals surface area contributed by atoms with Crippen LogP contribution in [0.4, 0.5) is 0 Å². The fourth-order valence-corrected chi connectivity index (χ4v) is 0.644. The van der Waals surface area contributed by atoms with E-state index in [1.165, 1.54) is 12.8 Å². The van der Waals surface area contributed by atoms with E-state index in [2.05, 4.69) is 38.2 Å².